The first-order chi connectivity index (χ1) is 9.24. The second kappa shape index (κ2) is 6.21. The minimum atomic E-state index is 0.383. The predicted octanol–water partition coefficient (Wildman–Crippen LogP) is 2.44. The molecule has 0 radical (unpaired) electrons. The third-order valence-corrected chi connectivity index (χ3v) is 2.92. The molecule has 0 N–H and O–H groups in total. The third-order valence-electron chi connectivity index (χ3n) is 2.66. The van der Waals surface area contributed by atoms with Crippen molar-refractivity contribution in [3.8, 4) is 11.8 Å². The zero-order valence-corrected chi connectivity index (χ0v) is 11.3. The molecule has 2 rings (SSSR count). The number of benzene rings is 1. The number of aromatic nitrogens is 3. The second-order valence-electron chi connectivity index (χ2n) is 3.88. The molecule has 0 aliphatic rings. The predicted molar refractivity (Wildman–Crippen MR) is 71.1 cm³/mol. The molecule has 19 heavy (non-hydrogen) atoms. The van der Waals surface area contributed by atoms with E-state index in [-0.39, 0.29) is 0 Å². The molecule has 1 heterocycles. The summed E-state index contributed by atoms with van der Waals surface area (Å²) in [6, 6.07) is 9.20. The fourth-order valence-electron chi connectivity index (χ4n) is 1.73. The molecule has 98 valence electrons. The van der Waals surface area contributed by atoms with Crippen molar-refractivity contribution in [2.24, 2.45) is 0 Å². The quantitative estimate of drug-likeness (QED) is 0.841. The summed E-state index contributed by atoms with van der Waals surface area (Å²) in [5.74, 6) is 0.753. The van der Waals surface area contributed by atoms with Gasteiger partial charge in [-0.15, -0.1) is 5.10 Å². The molecule has 0 atom stereocenters. The van der Waals surface area contributed by atoms with E-state index in [0.717, 1.165) is 17.9 Å². The first kappa shape index (κ1) is 13.4. The first-order valence-corrected chi connectivity index (χ1v) is 6.33. The van der Waals surface area contributed by atoms with Crippen LogP contribution in [-0.4, -0.2) is 21.6 Å². The van der Waals surface area contributed by atoms with E-state index in [4.69, 9.17) is 21.6 Å². The van der Waals surface area contributed by atoms with Gasteiger partial charge in [-0.05, 0) is 30.7 Å². The minimum Gasteiger partial charge on any atom is -0.492 e. The van der Waals surface area contributed by atoms with Gasteiger partial charge in [0.25, 0.3) is 0 Å². The summed E-state index contributed by atoms with van der Waals surface area (Å²) in [6.07, 6.45) is 0.719. The number of hydrogen-bond donors (Lipinski definition) is 0. The molecule has 1 aromatic heterocycles. The summed E-state index contributed by atoms with van der Waals surface area (Å²) in [7, 11) is 0. The summed E-state index contributed by atoms with van der Waals surface area (Å²) in [5, 5.41) is 17.3. The summed E-state index contributed by atoms with van der Waals surface area (Å²) < 4.78 is 7.28. The van der Waals surface area contributed by atoms with Crippen molar-refractivity contribution in [3.05, 3.63) is 40.7 Å². The van der Waals surface area contributed by atoms with Gasteiger partial charge in [-0.2, -0.15) is 5.26 Å². The van der Waals surface area contributed by atoms with Crippen LogP contribution in [-0.2, 0) is 13.0 Å². The molecule has 0 aliphatic carbocycles. The molecule has 6 heteroatoms. The van der Waals surface area contributed by atoms with Crippen LogP contribution < -0.4 is 4.74 Å². The van der Waals surface area contributed by atoms with Crippen molar-refractivity contribution in [2.45, 2.75) is 19.9 Å². The van der Waals surface area contributed by atoms with Gasteiger partial charge in [0, 0.05) is 5.02 Å². The van der Waals surface area contributed by atoms with Crippen LogP contribution >= 0.6 is 11.6 Å². The minimum absolute atomic E-state index is 0.383. The molecular formula is C13H13ClN4O. The molecule has 0 saturated heterocycles. The maximum atomic E-state index is 8.88. The monoisotopic (exact) mass is 276 g/mol. The van der Waals surface area contributed by atoms with E-state index in [1.807, 2.05) is 25.1 Å². The fourth-order valence-corrected chi connectivity index (χ4v) is 1.86. The topological polar surface area (TPSA) is 63.7 Å². The highest BCUT2D eigenvalue weighted by Gasteiger charge is 2.10. The van der Waals surface area contributed by atoms with E-state index in [2.05, 4.69) is 10.3 Å². The highest BCUT2D eigenvalue weighted by atomic mass is 35.5. The Kier molecular flexibility index (Phi) is 4.37. The van der Waals surface area contributed by atoms with Crippen molar-refractivity contribution in [1.82, 2.24) is 15.0 Å². The Balaban J connectivity index is 1.94. The lowest BCUT2D eigenvalue weighted by Gasteiger charge is -2.07. The van der Waals surface area contributed by atoms with Gasteiger partial charge >= 0.3 is 0 Å². The van der Waals surface area contributed by atoms with Crippen molar-refractivity contribution in [3.63, 3.8) is 0 Å². The van der Waals surface area contributed by atoms with Crippen LogP contribution in [0.1, 0.15) is 18.3 Å². The summed E-state index contributed by atoms with van der Waals surface area (Å²) in [5.41, 5.74) is 1.22. The lowest BCUT2D eigenvalue weighted by Crippen LogP contribution is -2.12. The molecule has 0 aliphatic heterocycles. The third kappa shape index (κ3) is 3.24. The zero-order chi connectivity index (χ0) is 13.7. The van der Waals surface area contributed by atoms with Gasteiger partial charge in [0.15, 0.2) is 5.69 Å². The van der Waals surface area contributed by atoms with E-state index in [1.165, 1.54) is 0 Å². The smallest absolute Gasteiger partial charge is 0.185 e. The number of rotatable bonds is 5. The number of halogens is 1. The summed E-state index contributed by atoms with van der Waals surface area (Å²) >= 11 is 5.79. The molecule has 2 aromatic rings. The van der Waals surface area contributed by atoms with Crippen LogP contribution in [0, 0.1) is 11.3 Å². The van der Waals surface area contributed by atoms with Crippen LogP contribution in [0.3, 0.4) is 0 Å². The van der Waals surface area contributed by atoms with Crippen molar-refractivity contribution >= 4 is 11.6 Å². The average molecular weight is 277 g/mol. The van der Waals surface area contributed by atoms with Crippen LogP contribution in [0.4, 0.5) is 0 Å². The summed E-state index contributed by atoms with van der Waals surface area (Å²) in [6.45, 7) is 2.99. The molecule has 5 nitrogen and oxygen atoms in total. The van der Waals surface area contributed by atoms with Gasteiger partial charge in [0.05, 0.1) is 12.2 Å². The number of ether oxygens (including phenoxy) is 1. The van der Waals surface area contributed by atoms with Gasteiger partial charge in [-0.3, -0.25) is 0 Å². The highest BCUT2D eigenvalue weighted by molar-refractivity contribution is 6.30. The van der Waals surface area contributed by atoms with Gasteiger partial charge in [-0.25, -0.2) is 4.68 Å². The van der Waals surface area contributed by atoms with E-state index in [0.29, 0.717) is 23.9 Å². The second-order valence-corrected chi connectivity index (χ2v) is 4.31. The lowest BCUT2D eigenvalue weighted by atomic mass is 10.3. The molecule has 0 saturated carbocycles. The van der Waals surface area contributed by atoms with Crippen LogP contribution in [0.25, 0.3) is 0 Å². The van der Waals surface area contributed by atoms with Crippen LogP contribution in [0.5, 0.6) is 5.75 Å². The maximum Gasteiger partial charge on any atom is 0.185 e. The maximum absolute atomic E-state index is 8.88. The number of nitrogens with zero attached hydrogens (tertiary/aromatic N) is 4. The van der Waals surface area contributed by atoms with E-state index in [1.54, 1.807) is 16.8 Å². The van der Waals surface area contributed by atoms with Crippen molar-refractivity contribution in [2.75, 3.05) is 6.61 Å². The fraction of sp³-hybridized carbons (Fsp3) is 0.308. The number of nitriles is 1. The van der Waals surface area contributed by atoms with Gasteiger partial charge in [0.1, 0.15) is 18.4 Å². The largest absolute Gasteiger partial charge is 0.492 e. The Morgan fingerprint density at radius 2 is 2.11 bits per heavy atom. The zero-order valence-electron chi connectivity index (χ0n) is 10.5. The molecular weight excluding hydrogens is 264 g/mol. The van der Waals surface area contributed by atoms with Crippen molar-refractivity contribution < 1.29 is 4.74 Å². The van der Waals surface area contributed by atoms with Crippen molar-refractivity contribution in [1.29, 1.82) is 5.26 Å². The summed E-state index contributed by atoms with van der Waals surface area (Å²) in [4.78, 5) is 0. The Morgan fingerprint density at radius 3 is 2.74 bits per heavy atom. The van der Waals surface area contributed by atoms with Crippen LogP contribution in [0.15, 0.2) is 24.3 Å². The standard InChI is InChI=1S/C13H13ClN4O/c1-2-13-12(9-15)16-17-18(13)7-8-19-11-5-3-10(14)4-6-11/h3-6H,2,7-8H2,1H3. The van der Waals surface area contributed by atoms with E-state index in [9.17, 15) is 0 Å². The Morgan fingerprint density at radius 1 is 1.37 bits per heavy atom. The first-order valence-electron chi connectivity index (χ1n) is 5.95. The molecule has 0 spiro atoms. The molecule has 0 bridgehead atoms. The lowest BCUT2D eigenvalue weighted by molar-refractivity contribution is 0.287. The molecule has 0 fully saturated rings. The average Bonchev–Trinajstić information content (AvgIpc) is 2.83. The van der Waals surface area contributed by atoms with Crippen LogP contribution in [0.2, 0.25) is 5.02 Å². The Bertz CT molecular complexity index is 586. The molecule has 0 amide bonds. The Hall–Kier alpha value is -2.06. The highest BCUT2D eigenvalue weighted by Crippen LogP contribution is 2.15. The Labute approximate surface area is 116 Å². The normalized spacial score (nSPS) is 10.2. The van der Waals surface area contributed by atoms with Gasteiger partial charge in [0.2, 0.25) is 0 Å². The molecule has 0 unspecified atom stereocenters. The SMILES string of the molecule is CCc1c(C#N)nnn1CCOc1ccc(Cl)cc1. The van der Waals surface area contributed by atoms with Gasteiger partial charge in [-0.1, -0.05) is 23.7 Å². The van der Waals surface area contributed by atoms with E-state index < -0.39 is 0 Å². The molecule has 1 aromatic carbocycles. The van der Waals surface area contributed by atoms with E-state index >= 15 is 0 Å². The number of hydrogen-bond acceptors (Lipinski definition) is 4. The van der Waals surface area contributed by atoms with Gasteiger partial charge < -0.3 is 4.74 Å².